The first-order chi connectivity index (χ1) is 14.3. The molecular weight excluding hydrogens is 404 g/mol. The van der Waals surface area contributed by atoms with E-state index in [1.54, 1.807) is 31.4 Å². The van der Waals surface area contributed by atoms with E-state index in [2.05, 4.69) is 14.8 Å². The van der Waals surface area contributed by atoms with Gasteiger partial charge in [0.15, 0.2) is 0 Å². The molecular formula is C21H26N4O4S. The van der Waals surface area contributed by atoms with Crippen LogP contribution in [0.25, 0.3) is 0 Å². The molecule has 2 aliphatic rings. The highest BCUT2D eigenvalue weighted by Crippen LogP contribution is 2.39. The Morgan fingerprint density at radius 1 is 1.17 bits per heavy atom. The molecule has 3 heterocycles. The SMILES string of the molecule is CC(C)OC(=O)c1cccnc1N1CCN(Cc2ccc3c(c2)N(C)S3(=O)=O)CC1. The van der Waals surface area contributed by atoms with E-state index in [0.717, 1.165) is 44.0 Å². The highest BCUT2D eigenvalue weighted by Gasteiger charge is 2.36. The van der Waals surface area contributed by atoms with E-state index in [1.165, 1.54) is 4.31 Å². The molecule has 0 aliphatic carbocycles. The van der Waals surface area contributed by atoms with Gasteiger partial charge in [0.1, 0.15) is 16.3 Å². The quantitative estimate of drug-likeness (QED) is 0.672. The third-order valence-electron chi connectivity index (χ3n) is 5.43. The van der Waals surface area contributed by atoms with Crippen molar-refractivity contribution in [3.63, 3.8) is 0 Å². The summed E-state index contributed by atoms with van der Waals surface area (Å²) in [6.07, 6.45) is 1.51. The average molecular weight is 431 g/mol. The minimum absolute atomic E-state index is 0.181. The van der Waals surface area contributed by atoms with Gasteiger partial charge >= 0.3 is 5.97 Å². The van der Waals surface area contributed by atoms with Gasteiger partial charge in [0.2, 0.25) is 0 Å². The Bertz CT molecular complexity index is 1060. The Labute approximate surface area is 177 Å². The van der Waals surface area contributed by atoms with Gasteiger partial charge < -0.3 is 9.64 Å². The van der Waals surface area contributed by atoms with Crippen molar-refractivity contribution in [2.75, 3.05) is 42.4 Å². The Balaban J connectivity index is 1.40. The maximum atomic E-state index is 12.4. The fourth-order valence-electron chi connectivity index (χ4n) is 3.83. The van der Waals surface area contributed by atoms with Crippen LogP contribution in [0.4, 0.5) is 11.5 Å². The van der Waals surface area contributed by atoms with Crippen LogP contribution < -0.4 is 9.21 Å². The van der Waals surface area contributed by atoms with Crippen molar-refractivity contribution in [2.24, 2.45) is 0 Å². The fourth-order valence-corrected chi connectivity index (χ4v) is 5.10. The van der Waals surface area contributed by atoms with Gasteiger partial charge in [0.05, 0.1) is 11.8 Å². The third-order valence-corrected chi connectivity index (χ3v) is 7.25. The van der Waals surface area contributed by atoms with Crippen LogP contribution in [0.2, 0.25) is 0 Å². The summed E-state index contributed by atoms with van der Waals surface area (Å²) in [6, 6.07) is 9.03. The Kier molecular flexibility index (Phi) is 5.42. The summed E-state index contributed by atoms with van der Waals surface area (Å²) >= 11 is 0. The van der Waals surface area contributed by atoms with Gasteiger partial charge in [-0.3, -0.25) is 9.21 Å². The molecule has 2 aliphatic heterocycles. The smallest absolute Gasteiger partial charge is 0.342 e. The molecule has 1 aromatic heterocycles. The number of sulfonamides is 1. The first-order valence-electron chi connectivity index (χ1n) is 10.0. The zero-order chi connectivity index (χ0) is 21.5. The summed E-state index contributed by atoms with van der Waals surface area (Å²) in [5, 5.41) is 0. The van der Waals surface area contributed by atoms with E-state index >= 15 is 0 Å². The lowest BCUT2D eigenvalue weighted by Crippen LogP contribution is -2.46. The van der Waals surface area contributed by atoms with E-state index < -0.39 is 10.0 Å². The number of ether oxygens (including phenoxy) is 1. The number of carbonyl (C=O) groups excluding carboxylic acids is 1. The summed E-state index contributed by atoms with van der Waals surface area (Å²) < 4.78 is 30.5. The maximum Gasteiger partial charge on any atom is 0.342 e. The van der Waals surface area contributed by atoms with Gasteiger partial charge in [-0.05, 0) is 43.7 Å². The summed E-state index contributed by atoms with van der Waals surface area (Å²) in [4.78, 5) is 21.7. The molecule has 1 aromatic carbocycles. The second kappa shape index (κ2) is 7.88. The summed E-state index contributed by atoms with van der Waals surface area (Å²) in [5.74, 6) is 0.312. The first kappa shape index (κ1) is 20.6. The molecule has 30 heavy (non-hydrogen) atoms. The zero-order valence-corrected chi connectivity index (χ0v) is 18.2. The molecule has 1 saturated heterocycles. The van der Waals surface area contributed by atoms with Crippen molar-refractivity contribution in [1.29, 1.82) is 0 Å². The molecule has 0 unspecified atom stereocenters. The number of fused-ring (bicyclic) bond motifs is 1. The number of carbonyl (C=O) groups is 1. The van der Waals surface area contributed by atoms with Gasteiger partial charge in [-0.2, -0.15) is 0 Å². The fraction of sp³-hybridized carbons (Fsp3) is 0.429. The predicted octanol–water partition coefficient (Wildman–Crippen LogP) is 2.11. The minimum atomic E-state index is -3.26. The van der Waals surface area contributed by atoms with Crippen LogP contribution in [0.3, 0.4) is 0 Å². The lowest BCUT2D eigenvalue weighted by Gasteiger charge is -2.36. The third kappa shape index (κ3) is 3.75. The van der Waals surface area contributed by atoms with Crippen LogP contribution in [0.1, 0.15) is 29.8 Å². The van der Waals surface area contributed by atoms with Crippen LogP contribution in [0.5, 0.6) is 0 Å². The van der Waals surface area contributed by atoms with Crippen molar-refractivity contribution in [3.8, 4) is 0 Å². The maximum absolute atomic E-state index is 12.4. The number of piperazine rings is 1. The largest absolute Gasteiger partial charge is 0.459 e. The van der Waals surface area contributed by atoms with Gasteiger partial charge in [0.25, 0.3) is 10.0 Å². The molecule has 0 bridgehead atoms. The Hall–Kier alpha value is -2.65. The van der Waals surface area contributed by atoms with Gasteiger partial charge in [-0.15, -0.1) is 0 Å². The topological polar surface area (TPSA) is 83.1 Å². The molecule has 0 spiro atoms. The highest BCUT2D eigenvalue weighted by molar-refractivity contribution is 7.94. The molecule has 4 rings (SSSR count). The van der Waals surface area contributed by atoms with Crippen LogP contribution >= 0.6 is 0 Å². The van der Waals surface area contributed by atoms with E-state index in [9.17, 15) is 13.2 Å². The number of pyridine rings is 1. The molecule has 9 heteroatoms. The zero-order valence-electron chi connectivity index (χ0n) is 17.4. The molecule has 160 valence electrons. The van der Waals surface area contributed by atoms with Gasteiger partial charge in [-0.25, -0.2) is 18.2 Å². The van der Waals surface area contributed by atoms with Gasteiger partial charge in [-0.1, -0.05) is 6.07 Å². The van der Waals surface area contributed by atoms with Crippen molar-refractivity contribution in [2.45, 2.75) is 31.4 Å². The second-order valence-corrected chi connectivity index (χ2v) is 9.80. The number of hydrogen-bond acceptors (Lipinski definition) is 7. The van der Waals surface area contributed by atoms with E-state index in [1.807, 2.05) is 26.0 Å². The van der Waals surface area contributed by atoms with Crippen molar-refractivity contribution in [1.82, 2.24) is 9.88 Å². The molecule has 0 radical (unpaired) electrons. The van der Waals surface area contributed by atoms with Crippen molar-refractivity contribution >= 4 is 27.5 Å². The number of anilines is 2. The number of nitrogens with zero attached hydrogens (tertiary/aromatic N) is 4. The van der Waals surface area contributed by atoms with Crippen LogP contribution in [-0.2, 0) is 21.3 Å². The lowest BCUT2D eigenvalue weighted by molar-refractivity contribution is 0.0378. The van der Waals surface area contributed by atoms with Crippen LogP contribution in [0, 0.1) is 0 Å². The number of esters is 1. The first-order valence-corrected chi connectivity index (χ1v) is 11.5. The van der Waals surface area contributed by atoms with E-state index in [0.29, 0.717) is 16.3 Å². The van der Waals surface area contributed by atoms with Crippen molar-refractivity contribution < 1.29 is 17.9 Å². The van der Waals surface area contributed by atoms with Crippen LogP contribution in [0.15, 0.2) is 41.4 Å². The van der Waals surface area contributed by atoms with E-state index in [4.69, 9.17) is 4.74 Å². The van der Waals surface area contributed by atoms with Crippen molar-refractivity contribution in [3.05, 3.63) is 47.7 Å². The second-order valence-electron chi connectivity index (χ2n) is 7.87. The molecule has 0 saturated carbocycles. The molecule has 1 fully saturated rings. The standard InChI is InChI=1S/C21H26N4O4S/c1-15(2)29-21(26)17-5-4-8-22-20(17)25-11-9-24(10-12-25)14-16-6-7-19-18(13-16)23(3)30(19,27)28/h4-8,13,15H,9-12,14H2,1-3H3. The number of hydrogen-bond donors (Lipinski definition) is 0. The minimum Gasteiger partial charge on any atom is -0.459 e. The Morgan fingerprint density at radius 3 is 2.60 bits per heavy atom. The van der Waals surface area contributed by atoms with E-state index in [-0.39, 0.29) is 12.1 Å². The predicted molar refractivity (Wildman–Crippen MR) is 114 cm³/mol. The average Bonchev–Trinajstić information content (AvgIpc) is 2.73. The molecule has 0 N–H and O–H groups in total. The molecule has 0 atom stereocenters. The van der Waals surface area contributed by atoms with Gasteiger partial charge in [0, 0.05) is 46.0 Å². The Morgan fingerprint density at radius 2 is 1.90 bits per heavy atom. The summed E-state index contributed by atoms with van der Waals surface area (Å²) in [7, 11) is -1.68. The number of aromatic nitrogens is 1. The number of rotatable bonds is 5. The molecule has 8 nitrogen and oxygen atoms in total. The normalized spacial score (nSPS) is 18.1. The highest BCUT2D eigenvalue weighted by atomic mass is 32.2. The number of benzene rings is 1. The molecule has 2 aromatic rings. The van der Waals surface area contributed by atoms with Crippen LogP contribution in [-0.4, -0.2) is 63.6 Å². The monoisotopic (exact) mass is 430 g/mol. The lowest BCUT2D eigenvalue weighted by atomic mass is 10.1. The molecule has 0 amide bonds. The summed E-state index contributed by atoms with van der Waals surface area (Å²) in [6.45, 7) is 7.55. The summed E-state index contributed by atoms with van der Waals surface area (Å²) in [5.41, 5.74) is 2.34.